The van der Waals surface area contributed by atoms with Gasteiger partial charge in [0, 0.05) is 22.6 Å². The Balaban J connectivity index is 1.65. The number of benzene rings is 2. The number of hydrogen-bond acceptors (Lipinski definition) is 4. The molecule has 2 aromatic carbocycles. The van der Waals surface area contributed by atoms with Gasteiger partial charge in [0.15, 0.2) is 5.78 Å². The second-order valence-corrected chi connectivity index (χ2v) is 7.17. The number of aryl methyl sites for hydroxylation is 1. The van der Waals surface area contributed by atoms with Crippen LogP contribution in [-0.2, 0) is 6.54 Å². The Kier molecular flexibility index (Phi) is 5.23. The summed E-state index contributed by atoms with van der Waals surface area (Å²) < 4.78 is 8.91. The molecule has 0 saturated heterocycles. The van der Waals surface area contributed by atoms with Crippen LogP contribution in [0.4, 0.5) is 0 Å². The first-order chi connectivity index (χ1) is 14.5. The topological polar surface area (TPSA) is 66.1 Å². The molecule has 0 radical (unpaired) electrons. The van der Waals surface area contributed by atoms with Gasteiger partial charge in [-0.25, -0.2) is 4.98 Å². The molecule has 4 aromatic rings. The molecule has 0 aliphatic carbocycles. The third-order valence-corrected chi connectivity index (χ3v) is 5.18. The zero-order valence-electron chi connectivity index (χ0n) is 17.3. The minimum atomic E-state index is -0.214. The molecular weight excluding hydrogens is 378 g/mol. The summed E-state index contributed by atoms with van der Waals surface area (Å²) in [4.78, 5) is 30.0. The van der Waals surface area contributed by atoms with Crippen LogP contribution in [-0.4, -0.2) is 26.5 Å². The van der Waals surface area contributed by atoms with Crippen LogP contribution in [0.5, 0.6) is 5.75 Å². The summed E-state index contributed by atoms with van der Waals surface area (Å²) in [6.45, 7) is 6.39. The molecule has 6 nitrogen and oxygen atoms in total. The minimum Gasteiger partial charge on any atom is -0.494 e. The number of nitrogens with zero attached hydrogens (tertiary/aromatic N) is 3. The van der Waals surface area contributed by atoms with Gasteiger partial charge >= 0.3 is 0 Å². The Morgan fingerprint density at radius 1 is 1.07 bits per heavy atom. The van der Waals surface area contributed by atoms with Crippen molar-refractivity contribution in [3.63, 3.8) is 0 Å². The number of carbonyl (C=O) groups is 1. The van der Waals surface area contributed by atoms with Crippen LogP contribution in [0.3, 0.4) is 0 Å². The smallest absolute Gasteiger partial charge is 0.261 e. The van der Waals surface area contributed by atoms with Gasteiger partial charge in [-0.3, -0.25) is 14.2 Å². The number of fused-ring (bicyclic) bond motifs is 1. The summed E-state index contributed by atoms with van der Waals surface area (Å²) in [7, 11) is 0. The molecule has 0 N–H and O–H groups in total. The van der Waals surface area contributed by atoms with E-state index in [0.717, 1.165) is 22.8 Å². The van der Waals surface area contributed by atoms with Crippen LogP contribution in [0.1, 0.15) is 28.7 Å². The summed E-state index contributed by atoms with van der Waals surface area (Å²) in [6, 6.07) is 16.8. The van der Waals surface area contributed by atoms with E-state index in [0.29, 0.717) is 23.1 Å². The summed E-state index contributed by atoms with van der Waals surface area (Å²) in [5.41, 5.74) is 3.75. The van der Waals surface area contributed by atoms with E-state index in [1.54, 1.807) is 18.2 Å². The van der Waals surface area contributed by atoms with Crippen molar-refractivity contribution < 1.29 is 9.53 Å². The first-order valence-corrected chi connectivity index (χ1v) is 9.89. The van der Waals surface area contributed by atoms with Gasteiger partial charge < -0.3 is 9.30 Å². The predicted molar refractivity (Wildman–Crippen MR) is 117 cm³/mol. The molecule has 0 amide bonds. The normalized spacial score (nSPS) is 11.0. The lowest BCUT2D eigenvalue weighted by Gasteiger charge is -2.11. The first-order valence-electron chi connectivity index (χ1n) is 9.89. The molecule has 0 unspecified atom stereocenters. The number of ketones is 1. The molecule has 0 fully saturated rings. The maximum atomic E-state index is 13.0. The van der Waals surface area contributed by atoms with Crippen molar-refractivity contribution in [2.24, 2.45) is 0 Å². The predicted octanol–water partition coefficient (Wildman–Crippen LogP) is 4.09. The molecule has 0 saturated carbocycles. The molecule has 0 spiro atoms. The van der Waals surface area contributed by atoms with E-state index in [9.17, 15) is 9.59 Å². The molecule has 2 aromatic heterocycles. The largest absolute Gasteiger partial charge is 0.494 e. The molecule has 0 atom stereocenters. The fraction of sp³-hybridized carbons (Fsp3) is 0.208. The van der Waals surface area contributed by atoms with Gasteiger partial charge in [0.25, 0.3) is 5.56 Å². The highest BCUT2D eigenvalue weighted by atomic mass is 16.5. The number of ether oxygens (including phenoxy) is 1. The first kappa shape index (κ1) is 19.6. The molecule has 2 heterocycles. The number of hydrogen-bond donors (Lipinski definition) is 0. The average Bonchev–Trinajstić information content (AvgIpc) is 3.05. The van der Waals surface area contributed by atoms with Crippen LogP contribution in [0.2, 0.25) is 0 Å². The monoisotopic (exact) mass is 401 g/mol. The van der Waals surface area contributed by atoms with Crippen molar-refractivity contribution in [1.29, 1.82) is 0 Å². The average molecular weight is 401 g/mol. The number of carbonyl (C=O) groups excluding carboxylic acids is 1. The van der Waals surface area contributed by atoms with E-state index in [1.165, 1.54) is 10.9 Å². The van der Waals surface area contributed by atoms with E-state index in [4.69, 9.17) is 4.74 Å². The van der Waals surface area contributed by atoms with Crippen molar-refractivity contribution in [3.8, 4) is 11.4 Å². The highest BCUT2D eigenvalue weighted by Crippen LogP contribution is 2.23. The van der Waals surface area contributed by atoms with E-state index in [2.05, 4.69) is 4.98 Å². The third-order valence-electron chi connectivity index (χ3n) is 5.18. The summed E-state index contributed by atoms with van der Waals surface area (Å²) >= 11 is 0. The van der Waals surface area contributed by atoms with Crippen LogP contribution in [0.15, 0.2) is 65.7 Å². The van der Waals surface area contributed by atoms with Crippen molar-refractivity contribution in [3.05, 3.63) is 88.2 Å². The number of rotatable bonds is 6. The number of aromatic nitrogens is 3. The molecule has 0 aliphatic heterocycles. The Hall–Kier alpha value is -3.67. The zero-order chi connectivity index (χ0) is 21.3. The summed E-state index contributed by atoms with van der Waals surface area (Å²) in [5.74, 6) is 0.683. The molecule has 30 heavy (non-hydrogen) atoms. The summed E-state index contributed by atoms with van der Waals surface area (Å²) in [5, 5.41) is 0.507. The van der Waals surface area contributed by atoms with Gasteiger partial charge in [-0.1, -0.05) is 12.1 Å². The van der Waals surface area contributed by atoms with Crippen LogP contribution >= 0.6 is 0 Å². The van der Waals surface area contributed by atoms with Crippen molar-refractivity contribution in [1.82, 2.24) is 14.1 Å². The van der Waals surface area contributed by atoms with Gasteiger partial charge in [0.1, 0.15) is 5.75 Å². The molecule has 6 heteroatoms. The third kappa shape index (κ3) is 3.52. The zero-order valence-corrected chi connectivity index (χ0v) is 17.3. The Morgan fingerprint density at radius 2 is 1.80 bits per heavy atom. The standard InChI is InChI=1S/C24H23N3O3/c1-4-30-19-11-9-18(10-12-19)27-16(2)13-21(17(27)3)23(28)14-26-15-25-22-8-6-5-7-20(22)24(26)29/h5-13,15H,4,14H2,1-3H3. The van der Waals surface area contributed by atoms with Crippen molar-refractivity contribution >= 4 is 16.7 Å². The fourth-order valence-electron chi connectivity index (χ4n) is 3.76. The second kappa shape index (κ2) is 7.99. The van der Waals surface area contributed by atoms with Gasteiger partial charge in [-0.15, -0.1) is 0 Å². The van der Waals surface area contributed by atoms with Gasteiger partial charge in [0.05, 0.1) is 30.4 Å². The van der Waals surface area contributed by atoms with E-state index < -0.39 is 0 Å². The van der Waals surface area contributed by atoms with Gasteiger partial charge in [0.2, 0.25) is 0 Å². The van der Waals surface area contributed by atoms with E-state index in [-0.39, 0.29) is 17.9 Å². The lowest BCUT2D eigenvalue weighted by atomic mass is 10.1. The SMILES string of the molecule is CCOc1ccc(-n2c(C)cc(C(=O)Cn3cnc4ccccc4c3=O)c2C)cc1. The molecular formula is C24H23N3O3. The van der Waals surface area contributed by atoms with Gasteiger partial charge in [-0.05, 0) is 63.2 Å². The molecule has 152 valence electrons. The highest BCUT2D eigenvalue weighted by molar-refractivity contribution is 5.97. The lowest BCUT2D eigenvalue weighted by Crippen LogP contribution is -2.24. The Labute approximate surface area is 174 Å². The van der Waals surface area contributed by atoms with Crippen LogP contribution < -0.4 is 10.3 Å². The quantitative estimate of drug-likeness (QED) is 0.457. The summed E-state index contributed by atoms with van der Waals surface area (Å²) in [6.07, 6.45) is 1.44. The van der Waals surface area contributed by atoms with Crippen molar-refractivity contribution in [2.45, 2.75) is 27.3 Å². The number of para-hydroxylation sites is 1. The maximum Gasteiger partial charge on any atom is 0.261 e. The van der Waals surface area contributed by atoms with Crippen molar-refractivity contribution in [2.75, 3.05) is 6.61 Å². The maximum absolute atomic E-state index is 13.0. The van der Waals surface area contributed by atoms with Crippen LogP contribution in [0.25, 0.3) is 16.6 Å². The Bertz CT molecular complexity index is 1280. The number of Topliss-reactive ketones (excluding diaryl/α,β-unsaturated/α-hetero) is 1. The molecule has 0 bridgehead atoms. The molecule has 0 aliphatic rings. The second-order valence-electron chi connectivity index (χ2n) is 7.17. The van der Waals surface area contributed by atoms with Crippen LogP contribution in [0, 0.1) is 13.8 Å². The Morgan fingerprint density at radius 3 is 2.53 bits per heavy atom. The van der Waals surface area contributed by atoms with E-state index >= 15 is 0 Å². The minimum absolute atomic E-state index is 0.0514. The highest BCUT2D eigenvalue weighted by Gasteiger charge is 2.18. The lowest BCUT2D eigenvalue weighted by molar-refractivity contribution is 0.0970. The van der Waals surface area contributed by atoms with E-state index in [1.807, 2.05) is 61.7 Å². The molecule has 4 rings (SSSR count). The fourth-order valence-corrected chi connectivity index (χ4v) is 3.76. The van der Waals surface area contributed by atoms with Gasteiger partial charge in [-0.2, -0.15) is 0 Å².